The van der Waals surface area contributed by atoms with Crippen LogP contribution in [0, 0.1) is 0 Å². The van der Waals surface area contributed by atoms with Gasteiger partial charge >= 0.3 is 0 Å². The highest BCUT2D eigenvalue weighted by atomic mass is 35.5. The fourth-order valence-corrected chi connectivity index (χ4v) is 2.29. The molecule has 84 valence electrons. The van der Waals surface area contributed by atoms with E-state index in [2.05, 4.69) is 4.99 Å². The number of ketones is 1. The normalized spacial score (nSPS) is 17.8. The monoisotopic (exact) mass is 243 g/mol. The number of benzene rings is 1. The summed E-state index contributed by atoms with van der Waals surface area (Å²) in [4.78, 5) is 15.9. The SMILES string of the molecule is O=C1C=CC2=Nc3cc(Cl)ccc3CCC2=C1. The van der Waals surface area contributed by atoms with Crippen LogP contribution in [0.25, 0.3) is 0 Å². The lowest BCUT2D eigenvalue weighted by atomic mass is 9.98. The van der Waals surface area contributed by atoms with Crippen LogP contribution in [-0.2, 0) is 11.2 Å². The second-order valence-corrected chi connectivity index (χ2v) is 4.61. The summed E-state index contributed by atoms with van der Waals surface area (Å²) in [5.41, 5.74) is 3.99. The first-order valence-corrected chi connectivity index (χ1v) is 5.90. The number of carbonyl (C=O) groups excluding carboxylic acids is 1. The maximum atomic E-state index is 11.3. The summed E-state index contributed by atoms with van der Waals surface area (Å²) in [5.74, 6) is 0.0444. The van der Waals surface area contributed by atoms with Gasteiger partial charge in [0.05, 0.1) is 11.4 Å². The number of allylic oxidation sites excluding steroid dienone is 4. The number of aliphatic imine (C=N–C) groups is 1. The maximum absolute atomic E-state index is 11.3. The van der Waals surface area contributed by atoms with E-state index in [0.29, 0.717) is 5.02 Å². The van der Waals surface area contributed by atoms with E-state index < -0.39 is 0 Å². The van der Waals surface area contributed by atoms with Crippen LogP contribution in [0.1, 0.15) is 12.0 Å². The van der Waals surface area contributed by atoms with Gasteiger partial charge in [0.1, 0.15) is 0 Å². The molecule has 3 rings (SSSR count). The Morgan fingerprint density at radius 3 is 2.94 bits per heavy atom. The molecule has 1 aromatic carbocycles. The third-order valence-electron chi connectivity index (χ3n) is 3.00. The molecule has 1 heterocycles. The molecule has 0 saturated heterocycles. The Balaban J connectivity index is 2.13. The van der Waals surface area contributed by atoms with Crippen LogP contribution < -0.4 is 0 Å². The molecular weight excluding hydrogens is 234 g/mol. The number of hydrogen-bond donors (Lipinski definition) is 0. The topological polar surface area (TPSA) is 29.4 Å². The number of rotatable bonds is 0. The van der Waals surface area contributed by atoms with Gasteiger partial charge in [0.2, 0.25) is 0 Å². The zero-order valence-electron chi connectivity index (χ0n) is 9.11. The minimum atomic E-state index is 0.0444. The van der Waals surface area contributed by atoms with Crippen molar-refractivity contribution in [1.29, 1.82) is 0 Å². The van der Waals surface area contributed by atoms with E-state index in [9.17, 15) is 4.79 Å². The molecule has 0 aromatic heterocycles. The number of nitrogens with zero attached hydrogens (tertiary/aromatic N) is 1. The fourth-order valence-electron chi connectivity index (χ4n) is 2.12. The molecule has 1 aliphatic carbocycles. The van der Waals surface area contributed by atoms with Crippen molar-refractivity contribution in [2.75, 3.05) is 0 Å². The third-order valence-corrected chi connectivity index (χ3v) is 3.24. The van der Waals surface area contributed by atoms with Gasteiger partial charge in [-0.2, -0.15) is 0 Å². The molecule has 0 bridgehead atoms. The standard InChI is InChI=1S/C14H10ClNO/c15-11-4-3-9-1-2-10-7-12(17)5-6-13(10)16-14(9)8-11/h3-8H,1-2H2. The number of halogens is 1. The summed E-state index contributed by atoms with van der Waals surface area (Å²) in [6.07, 6.45) is 6.76. The largest absolute Gasteiger partial charge is 0.290 e. The lowest BCUT2D eigenvalue weighted by molar-refractivity contribution is -0.110. The van der Waals surface area contributed by atoms with Gasteiger partial charge in [0.15, 0.2) is 5.78 Å². The highest BCUT2D eigenvalue weighted by Crippen LogP contribution is 2.30. The van der Waals surface area contributed by atoms with E-state index >= 15 is 0 Å². The first-order valence-electron chi connectivity index (χ1n) is 5.52. The van der Waals surface area contributed by atoms with Crippen LogP contribution in [0.15, 0.2) is 47.0 Å². The van der Waals surface area contributed by atoms with Crippen molar-refractivity contribution < 1.29 is 4.79 Å². The van der Waals surface area contributed by atoms with Crippen molar-refractivity contribution >= 4 is 28.8 Å². The molecule has 1 aliphatic heterocycles. The second-order valence-electron chi connectivity index (χ2n) is 4.18. The van der Waals surface area contributed by atoms with Gasteiger partial charge in [-0.3, -0.25) is 4.79 Å². The quantitative estimate of drug-likeness (QED) is 0.642. The molecule has 0 radical (unpaired) electrons. The van der Waals surface area contributed by atoms with E-state index in [1.54, 1.807) is 18.2 Å². The average molecular weight is 244 g/mol. The number of aryl methyl sites for hydroxylation is 1. The predicted octanol–water partition coefficient (Wildman–Crippen LogP) is 3.42. The van der Waals surface area contributed by atoms with Crippen molar-refractivity contribution in [3.63, 3.8) is 0 Å². The van der Waals surface area contributed by atoms with E-state index in [4.69, 9.17) is 11.6 Å². The minimum absolute atomic E-state index is 0.0444. The van der Waals surface area contributed by atoms with Gasteiger partial charge in [-0.15, -0.1) is 0 Å². The Bertz CT molecular complexity index is 596. The Morgan fingerprint density at radius 1 is 1.18 bits per heavy atom. The van der Waals surface area contributed by atoms with Crippen LogP contribution in [0.5, 0.6) is 0 Å². The van der Waals surface area contributed by atoms with Gasteiger partial charge in [-0.25, -0.2) is 4.99 Å². The van der Waals surface area contributed by atoms with Gasteiger partial charge in [0.25, 0.3) is 0 Å². The van der Waals surface area contributed by atoms with E-state index in [1.165, 1.54) is 5.56 Å². The summed E-state index contributed by atoms with van der Waals surface area (Å²) >= 11 is 5.97. The molecule has 0 N–H and O–H groups in total. The maximum Gasteiger partial charge on any atom is 0.179 e. The molecule has 3 heteroatoms. The summed E-state index contributed by atoms with van der Waals surface area (Å²) in [5, 5.41) is 0.691. The van der Waals surface area contributed by atoms with Crippen molar-refractivity contribution in [3.8, 4) is 0 Å². The molecule has 0 atom stereocenters. The minimum Gasteiger partial charge on any atom is -0.290 e. The molecule has 0 saturated carbocycles. The van der Waals surface area contributed by atoms with Crippen molar-refractivity contribution in [2.45, 2.75) is 12.8 Å². The molecule has 1 aromatic rings. The summed E-state index contributed by atoms with van der Waals surface area (Å²) < 4.78 is 0. The van der Waals surface area contributed by atoms with Crippen LogP contribution in [0.3, 0.4) is 0 Å². The van der Waals surface area contributed by atoms with Crippen LogP contribution in [0.2, 0.25) is 5.02 Å². The van der Waals surface area contributed by atoms with Gasteiger partial charge < -0.3 is 0 Å². The molecule has 17 heavy (non-hydrogen) atoms. The first kappa shape index (κ1) is 10.5. The molecule has 2 aliphatic rings. The zero-order valence-corrected chi connectivity index (χ0v) is 9.87. The van der Waals surface area contributed by atoms with Crippen molar-refractivity contribution in [1.82, 2.24) is 0 Å². The van der Waals surface area contributed by atoms with E-state index in [-0.39, 0.29) is 5.78 Å². The van der Waals surface area contributed by atoms with Crippen LogP contribution in [-0.4, -0.2) is 11.5 Å². The average Bonchev–Trinajstić information content (AvgIpc) is 2.47. The van der Waals surface area contributed by atoms with E-state index in [0.717, 1.165) is 29.8 Å². The predicted molar refractivity (Wildman–Crippen MR) is 69.1 cm³/mol. The lowest BCUT2D eigenvalue weighted by Gasteiger charge is -2.06. The smallest absolute Gasteiger partial charge is 0.179 e. The number of fused-ring (bicyclic) bond motifs is 2. The van der Waals surface area contributed by atoms with E-state index in [1.807, 2.05) is 18.2 Å². The van der Waals surface area contributed by atoms with Crippen LogP contribution in [0.4, 0.5) is 5.69 Å². The molecular formula is C14H10ClNO. The van der Waals surface area contributed by atoms with Gasteiger partial charge in [0, 0.05) is 5.02 Å². The van der Waals surface area contributed by atoms with Crippen LogP contribution >= 0.6 is 11.6 Å². The second kappa shape index (κ2) is 3.97. The van der Waals surface area contributed by atoms with Crippen molar-refractivity contribution in [3.05, 3.63) is 52.6 Å². The third kappa shape index (κ3) is 1.96. The zero-order chi connectivity index (χ0) is 11.8. The molecule has 0 unspecified atom stereocenters. The molecule has 0 fully saturated rings. The highest BCUT2D eigenvalue weighted by molar-refractivity contribution is 6.31. The van der Waals surface area contributed by atoms with Gasteiger partial charge in [-0.1, -0.05) is 17.7 Å². The summed E-state index contributed by atoms with van der Waals surface area (Å²) in [7, 11) is 0. The Morgan fingerprint density at radius 2 is 2.06 bits per heavy atom. The Hall–Kier alpha value is -1.67. The summed E-state index contributed by atoms with van der Waals surface area (Å²) in [6, 6.07) is 5.76. The highest BCUT2D eigenvalue weighted by Gasteiger charge is 2.16. The Labute approximate surface area is 104 Å². The van der Waals surface area contributed by atoms with Crippen molar-refractivity contribution in [2.24, 2.45) is 4.99 Å². The lowest BCUT2D eigenvalue weighted by Crippen LogP contribution is -2.07. The number of hydrogen-bond acceptors (Lipinski definition) is 2. The summed E-state index contributed by atoms with van der Waals surface area (Å²) in [6.45, 7) is 0. The molecule has 0 spiro atoms. The molecule has 2 nitrogen and oxygen atoms in total. The fraction of sp³-hybridized carbons (Fsp3) is 0.143. The molecule has 0 amide bonds. The first-order chi connectivity index (χ1) is 8.22. The number of carbonyl (C=O) groups is 1. The Kier molecular flexibility index (Phi) is 2.45. The van der Waals surface area contributed by atoms with Gasteiger partial charge in [-0.05, 0) is 54.3 Å².